The van der Waals surface area contributed by atoms with Crippen LogP contribution in [0.2, 0.25) is 0 Å². The minimum atomic E-state index is 0.418. The lowest BCUT2D eigenvalue weighted by Gasteiger charge is -1.99. The van der Waals surface area contributed by atoms with E-state index in [0.29, 0.717) is 19.7 Å². The van der Waals surface area contributed by atoms with E-state index in [-0.39, 0.29) is 0 Å². The standard InChI is InChI=1S/C10H13N3O2/c11-3-4-13-7-10(6-12-13)15-8-9-2-1-5-14-9/h1-2,5-7H,3-4,8,11H2. The first-order chi connectivity index (χ1) is 7.38. The van der Waals surface area contributed by atoms with Gasteiger partial charge >= 0.3 is 0 Å². The van der Waals surface area contributed by atoms with Crippen LogP contribution in [0, 0.1) is 0 Å². The molecule has 0 aliphatic carbocycles. The zero-order chi connectivity index (χ0) is 10.5. The Morgan fingerprint density at radius 1 is 1.53 bits per heavy atom. The van der Waals surface area contributed by atoms with Crippen molar-refractivity contribution < 1.29 is 9.15 Å². The summed E-state index contributed by atoms with van der Waals surface area (Å²) in [5, 5.41) is 4.09. The Labute approximate surface area is 87.4 Å². The van der Waals surface area contributed by atoms with Gasteiger partial charge in [0.05, 0.1) is 25.2 Å². The second kappa shape index (κ2) is 4.65. The predicted molar refractivity (Wildman–Crippen MR) is 54.3 cm³/mol. The van der Waals surface area contributed by atoms with Gasteiger partial charge in [-0.15, -0.1) is 0 Å². The summed E-state index contributed by atoms with van der Waals surface area (Å²) in [4.78, 5) is 0. The molecule has 0 bridgehead atoms. The summed E-state index contributed by atoms with van der Waals surface area (Å²) in [5.74, 6) is 1.52. The topological polar surface area (TPSA) is 66.2 Å². The van der Waals surface area contributed by atoms with Crippen molar-refractivity contribution in [3.63, 3.8) is 0 Å². The van der Waals surface area contributed by atoms with E-state index in [0.717, 1.165) is 11.5 Å². The van der Waals surface area contributed by atoms with E-state index in [1.807, 2.05) is 18.3 Å². The minimum absolute atomic E-state index is 0.418. The van der Waals surface area contributed by atoms with Crippen molar-refractivity contribution in [1.82, 2.24) is 9.78 Å². The summed E-state index contributed by atoms with van der Waals surface area (Å²) >= 11 is 0. The van der Waals surface area contributed by atoms with E-state index in [9.17, 15) is 0 Å². The van der Waals surface area contributed by atoms with Crippen LogP contribution in [0.5, 0.6) is 5.75 Å². The van der Waals surface area contributed by atoms with Gasteiger partial charge in [-0.1, -0.05) is 0 Å². The fourth-order valence-corrected chi connectivity index (χ4v) is 1.22. The molecule has 0 unspecified atom stereocenters. The lowest BCUT2D eigenvalue weighted by atomic mass is 10.5. The minimum Gasteiger partial charge on any atom is -0.482 e. The highest BCUT2D eigenvalue weighted by Gasteiger charge is 2.00. The quantitative estimate of drug-likeness (QED) is 0.794. The monoisotopic (exact) mass is 207 g/mol. The van der Waals surface area contributed by atoms with Gasteiger partial charge in [0.15, 0.2) is 5.75 Å². The summed E-state index contributed by atoms with van der Waals surface area (Å²) < 4.78 is 12.3. The molecule has 0 saturated carbocycles. The Morgan fingerprint density at radius 2 is 2.47 bits per heavy atom. The van der Waals surface area contributed by atoms with E-state index in [1.54, 1.807) is 17.1 Å². The molecule has 5 heteroatoms. The molecule has 2 rings (SSSR count). The molecule has 0 atom stereocenters. The maximum absolute atomic E-state index is 5.46. The lowest BCUT2D eigenvalue weighted by molar-refractivity contribution is 0.270. The molecule has 0 aliphatic rings. The zero-order valence-corrected chi connectivity index (χ0v) is 8.30. The number of nitrogens with zero attached hydrogens (tertiary/aromatic N) is 2. The van der Waals surface area contributed by atoms with E-state index in [2.05, 4.69) is 5.10 Å². The maximum atomic E-state index is 5.46. The van der Waals surface area contributed by atoms with Gasteiger partial charge in [0.2, 0.25) is 0 Å². The van der Waals surface area contributed by atoms with Crippen LogP contribution in [0.3, 0.4) is 0 Å². The van der Waals surface area contributed by atoms with Crippen molar-refractivity contribution in [3.05, 3.63) is 36.5 Å². The third-order valence-electron chi connectivity index (χ3n) is 1.93. The third-order valence-corrected chi connectivity index (χ3v) is 1.93. The molecule has 2 N–H and O–H groups in total. The van der Waals surface area contributed by atoms with Crippen LogP contribution >= 0.6 is 0 Å². The normalized spacial score (nSPS) is 10.5. The van der Waals surface area contributed by atoms with Crippen molar-refractivity contribution >= 4 is 0 Å². The van der Waals surface area contributed by atoms with Gasteiger partial charge in [0, 0.05) is 6.54 Å². The number of hydrogen-bond donors (Lipinski definition) is 1. The Morgan fingerprint density at radius 3 is 3.20 bits per heavy atom. The number of aromatic nitrogens is 2. The molecule has 0 amide bonds. The van der Waals surface area contributed by atoms with Crippen LogP contribution in [-0.4, -0.2) is 16.3 Å². The lowest BCUT2D eigenvalue weighted by Crippen LogP contribution is -2.09. The molecule has 15 heavy (non-hydrogen) atoms. The second-order valence-corrected chi connectivity index (χ2v) is 3.10. The number of furan rings is 1. The molecule has 0 fully saturated rings. The van der Waals surface area contributed by atoms with Gasteiger partial charge in [0.1, 0.15) is 12.4 Å². The van der Waals surface area contributed by atoms with Crippen LogP contribution < -0.4 is 10.5 Å². The average molecular weight is 207 g/mol. The smallest absolute Gasteiger partial charge is 0.157 e. The molecular formula is C10H13N3O2. The average Bonchev–Trinajstić information content (AvgIpc) is 2.85. The van der Waals surface area contributed by atoms with Gasteiger partial charge < -0.3 is 14.9 Å². The van der Waals surface area contributed by atoms with E-state index < -0.39 is 0 Å². The van der Waals surface area contributed by atoms with Crippen LogP contribution in [0.4, 0.5) is 0 Å². The Balaban J connectivity index is 1.88. The predicted octanol–water partition coefficient (Wildman–Crippen LogP) is 1.01. The summed E-state index contributed by atoms with van der Waals surface area (Å²) in [5.41, 5.74) is 5.40. The first-order valence-corrected chi connectivity index (χ1v) is 4.76. The summed E-state index contributed by atoms with van der Waals surface area (Å²) in [6, 6.07) is 3.70. The van der Waals surface area contributed by atoms with Crippen LogP contribution in [0.1, 0.15) is 5.76 Å². The van der Waals surface area contributed by atoms with E-state index in [1.165, 1.54) is 0 Å². The van der Waals surface area contributed by atoms with Gasteiger partial charge in [-0.05, 0) is 12.1 Å². The number of hydrogen-bond acceptors (Lipinski definition) is 4. The first-order valence-electron chi connectivity index (χ1n) is 4.76. The summed E-state index contributed by atoms with van der Waals surface area (Å²) in [6.45, 7) is 1.69. The van der Waals surface area contributed by atoms with Crippen molar-refractivity contribution in [3.8, 4) is 5.75 Å². The second-order valence-electron chi connectivity index (χ2n) is 3.10. The first kappa shape index (κ1) is 9.79. The summed E-state index contributed by atoms with van der Waals surface area (Å²) in [6.07, 6.45) is 5.10. The molecule has 80 valence electrons. The molecule has 0 aromatic carbocycles. The number of rotatable bonds is 5. The Hall–Kier alpha value is -1.75. The van der Waals surface area contributed by atoms with E-state index in [4.69, 9.17) is 14.9 Å². The molecule has 5 nitrogen and oxygen atoms in total. The molecule has 0 saturated heterocycles. The Bertz CT molecular complexity index is 394. The fourth-order valence-electron chi connectivity index (χ4n) is 1.22. The van der Waals surface area contributed by atoms with E-state index >= 15 is 0 Å². The molecule has 2 aromatic heterocycles. The molecule has 2 aromatic rings. The van der Waals surface area contributed by atoms with Crippen molar-refractivity contribution in [2.45, 2.75) is 13.2 Å². The van der Waals surface area contributed by atoms with Crippen LogP contribution in [-0.2, 0) is 13.2 Å². The zero-order valence-electron chi connectivity index (χ0n) is 8.30. The fraction of sp³-hybridized carbons (Fsp3) is 0.300. The molecule has 0 spiro atoms. The van der Waals surface area contributed by atoms with Crippen molar-refractivity contribution in [1.29, 1.82) is 0 Å². The van der Waals surface area contributed by atoms with Gasteiger partial charge in [-0.25, -0.2) is 0 Å². The van der Waals surface area contributed by atoms with Gasteiger partial charge in [0.25, 0.3) is 0 Å². The van der Waals surface area contributed by atoms with Crippen LogP contribution in [0.25, 0.3) is 0 Å². The van der Waals surface area contributed by atoms with Crippen molar-refractivity contribution in [2.24, 2.45) is 5.73 Å². The van der Waals surface area contributed by atoms with Crippen LogP contribution in [0.15, 0.2) is 35.2 Å². The number of ether oxygens (including phenoxy) is 1. The summed E-state index contributed by atoms with van der Waals surface area (Å²) in [7, 11) is 0. The molecule has 0 aliphatic heterocycles. The maximum Gasteiger partial charge on any atom is 0.157 e. The molecule has 2 heterocycles. The van der Waals surface area contributed by atoms with Gasteiger partial charge in [-0.3, -0.25) is 4.68 Å². The largest absolute Gasteiger partial charge is 0.482 e. The Kier molecular flexibility index (Phi) is 3.04. The SMILES string of the molecule is NCCn1cc(OCc2ccco2)cn1. The highest BCUT2D eigenvalue weighted by atomic mass is 16.5. The van der Waals surface area contributed by atoms with Gasteiger partial charge in [-0.2, -0.15) is 5.10 Å². The third kappa shape index (κ3) is 2.60. The highest BCUT2D eigenvalue weighted by Crippen LogP contribution is 2.11. The highest BCUT2D eigenvalue weighted by molar-refractivity contribution is 5.12. The number of nitrogens with two attached hydrogens (primary N) is 1. The van der Waals surface area contributed by atoms with Crippen molar-refractivity contribution in [2.75, 3.05) is 6.54 Å². The molecular weight excluding hydrogens is 194 g/mol. The molecule has 0 radical (unpaired) electrons.